The van der Waals surface area contributed by atoms with Crippen LogP contribution in [0.4, 0.5) is 11.4 Å². The summed E-state index contributed by atoms with van der Waals surface area (Å²) >= 11 is 0. The van der Waals surface area contributed by atoms with Crippen LogP contribution in [-0.2, 0) is 4.79 Å². The van der Waals surface area contributed by atoms with E-state index in [1.54, 1.807) is 13.1 Å². The van der Waals surface area contributed by atoms with Crippen molar-refractivity contribution >= 4 is 23.2 Å². The van der Waals surface area contributed by atoms with E-state index in [2.05, 4.69) is 10.6 Å². The average molecular weight is 292 g/mol. The second-order valence-corrected chi connectivity index (χ2v) is 4.64. The smallest absolute Gasteiger partial charge is 0.305 e. The number of nitrogens with one attached hydrogen (secondary N) is 2. The van der Waals surface area contributed by atoms with Crippen molar-refractivity contribution in [1.29, 1.82) is 0 Å². The molecule has 2 rings (SSSR count). The molecule has 0 bridgehead atoms. The van der Waals surface area contributed by atoms with Crippen molar-refractivity contribution in [3.8, 4) is 0 Å². The number of carbonyl (C=O) groups excluding carboxylic acids is 2. The minimum absolute atomic E-state index is 0.0125. The van der Waals surface area contributed by atoms with Crippen molar-refractivity contribution in [1.82, 2.24) is 10.2 Å². The van der Waals surface area contributed by atoms with Gasteiger partial charge in [0.15, 0.2) is 0 Å². The summed E-state index contributed by atoms with van der Waals surface area (Å²) in [4.78, 5) is 36.0. The Morgan fingerprint density at radius 3 is 2.90 bits per heavy atom. The van der Waals surface area contributed by atoms with Gasteiger partial charge in [0.1, 0.15) is 11.3 Å². The summed E-state index contributed by atoms with van der Waals surface area (Å²) in [5, 5.41) is 16.6. The molecule has 1 fully saturated rings. The van der Waals surface area contributed by atoms with Gasteiger partial charge in [-0.25, -0.2) is 0 Å². The van der Waals surface area contributed by atoms with Gasteiger partial charge < -0.3 is 15.5 Å². The SMILES string of the molecule is CNc1cccc(C(=O)N2CCCNC(=O)C2)c1[N+](=O)[O-]. The molecule has 1 aromatic rings. The number of nitro benzene ring substituents is 1. The molecule has 1 heterocycles. The first-order valence-electron chi connectivity index (χ1n) is 6.55. The van der Waals surface area contributed by atoms with Crippen molar-refractivity contribution in [3.05, 3.63) is 33.9 Å². The Balaban J connectivity index is 2.38. The number of para-hydroxylation sites is 1. The first kappa shape index (κ1) is 14.8. The highest BCUT2D eigenvalue weighted by Crippen LogP contribution is 2.29. The van der Waals surface area contributed by atoms with Crippen LogP contribution < -0.4 is 10.6 Å². The summed E-state index contributed by atoms with van der Waals surface area (Å²) in [5.74, 6) is -0.760. The zero-order chi connectivity index (χ0) is 15.4. The van der Waals surface area contributed by atoms with Crippen molar-refractivity contribution in [3.63, 3.8) is 0 Å². The fourth-order valence-corrected chi connectivity index (χ4v) is 2.26. The van der Waals surface area contributed by atoms with Crippen LogP contribution in [0.2, 0.25) is 0 Å². The van der Waals surface area contributed by atoms with E-state index in [4.69, 9.17) is 0 Å². The van der Waals surface area contributed by atoms with Crippen molar-refractivity contribution in [2.45, 2.75) is 6.42 Å². The lowest BCUT2D eigenvalue weighted by atomic mass is 10.1. The standard InChI is InChI=1S/C13H16N4O4/c1-14-10-5-2-4-9(12(10)17(20)21)13(19)16-7-3-6-15-11(18)8-16/h2,4-5,14H,3,6-8H2,1H3,(H,15,18). The summed E-state index contributed by atoms with van der Waals surface area (Å²) in [6.07, 6.45) is 0.622. The van der Waals surface area contributed by atoms with Crippen molar-refractivity contribution in [2.75, 3.05) is 32.0 Å². The number of nitro groups is 1. The molecular weight excluding hydrogens is 276 g/mol. The van der Waals surface area contributed by atoms with E-state index >= 15 is 0 Å². The van der Waals surface area contributed by atoms with Gasteiger partial charge >= 0.3 is 5.69 Å². The number of carbonyl (C=O) groups is 2. The fraction of sp³-hybridized carbons (Fsp3) is 0.385. The summed E-state index contributed by atoms with van der Waals surface area (Å²) in [6, 6.07) is 4.51. The van der Waals surface area contributed by atoms with E-state index in [0.717, 1.165) is 0 Å². The average Bonchev–Trinajstić information content (AvgIpc) is 2.70. The van der Waals surface area contributed by atoms with Crippen LogP contribution in [-0.4, -0.2) is 48.3 Å². The van der Waals surface area contributed by atoms with Crippen LogP contribution in [0.5, 0.6) is 0 Å². The summed E-state index contributed by atoms with van der Waals surface area (Å²) < 4.78 is 0. The maximum Gasteiger partial charge on any atom is 0.305 e. The van der Waals surface area contributed by atoms with Crippen molar-refractivity contribution in [2.24, 2.45) is 0 Å². The Morgan fingerprint density at radius 2 is 2.24 bits per heavy atom. The van der Waals surface area contributed by atoms with Crippen LogP contribution >= 0.6 is 0 Å². The van der Waals surface area contributed by atoms with Gasteiger partial charge in [0.2, 0.25) is 5.91 Å². The summed E-state index contributed by atoms with van der Waals surface area (Å²) in [5.41, 5.74) is -0.0127. The molecule has 8 nitrogen and oxygen atoms in total. The Labute approximate surface area is 121 Å². The lowest BCUT2D eigenvalue weighted by Gasteiger charge is -2.19. The molecule has 1 aliphatic heterocycles. The molecule has 8 heteroatoms. The third-order valence-corrected chi connectivity index (χ3v) is 3.27. The molecule has 2 N–H and O–H groups in total. The van der Waals surface area contributed by atoms with Gasteiger partial charge in [0, 0.05) is 20.1 Å². The topological polar surface area (TPSA) is 105 Å². The normalized spacial score (nSPS) is 15.1. The van der Waals surface area contributed by atoms with E-state index in [9.17, 15) is 19.7 Å². The van der Waals surface area contributed by atoms with Crippen LogP contribution in [0.25, 0.3) is 0 Å². The van der Waals surface area contributed by atoms with E-state index in [-0.39, 0.29) is 29.4 Å². The second kappa shape index (κ2) is 6.21. The number of hydrogen-bond donors (Lipinski definition) is 2. The van der Waals surface area contributed by atoms with Gasteiger partial charge in [-0.2, -0.15) is 0 Å². The summed E-state index contributed by atoms with van der Waals surface area (Å²) in [6.45, 7) is 0.805. The lowest BCUT2D eigenvalue weighted by molar-refractivity contribution is -0.384. The highest BCUT2D eigenvalue weighted by Gasteiger charge is 2.29. The third kappa shape index (κ3) is 3.10. The van der Waals surface area contributed by atoms with Gasteiger partial charge in [-0.15, -0.1) is 0 Å². The zero-order valence-electron chi connectivity index (χ0n) is 11.6. The molecule has 112 valence electrons. The number of amides is 2. The van der Waals surface area contributed by atoms with E-state index in [1.165, 1.54) is 17.0 Å². The van der Waals surface area contributed by atoms with E-state index < -0.39 is 10.8 Å². The number of anilines is 1. The Morgan fingerprint density at radius 1 is 1.48 bits per heavy atom. The first-order valence-corrected chi connectivity index (χ1v) is 6.55. The van der Waals surface area contributed by atoms with E-state index in [1.807, 2.05) is 0 Å². The number of nitrogens with zero attached hydrogens (tertiary/aromatic N) is 2. The monoisotopic (exact) mass is 292 g/mol. The lowest BCUT2D eigenvalue weighted by Crippen LogP contribution is -2.37. The summed E-state index contributed by atoms with van der Waals surface area (Å²) in [7, 11) is 1.55. The Hall–Kier alpha value is -2.64. The van der Waals surface area contributed by atoms with Crippen LogP contribution in [0, 0.1) is 10.1 Å². The molecular formula is C13H16N4O4. The molecule has 1 saturated heterocycles. The Bertz CT molecular complexity index is 588. The molecule has 1 aliphatic rings. The number of rotatable bonds is 3. The van der Waals surface area contributed by atoms with Crippen LogP contribution in [0.1, 0.15) is 16.8 Å². The highest BCUT2D eigenvalue weighted by molar-refractivity contribution is 6.02. The Kier molecular flexibility index (Phi) is 4.36. The first-order chi connectivity index (χ1) is 10.0. The zero-order valence-corrected chi connectivity index (χ0v) is 11.6. The molecule has 21 heavy (non-hydrogen) atoms. The minimum atomic E-state index is -0.586. The molecule has 2 amide bonds. The molecule has 0 radical (unpaired) electrons. The molecule has 0 atom stereocenters. The molecule has 0 aliphatic carbocycles. The molecule has 0 saturated carbocycles. The maximum atomic E-state index is 12.5. The van der Waals surface area contributed by atoms with E-state index in [0.29, 0.717) is 19.5 Å². The van der Waals surface area contributed by atoms with Crippen LogP contribution in [0.3, 0.4) is 0 Å². The molecule has 0 spiro atoms. The predicted molar refractivity (Wildman–Crippen MR) is 76.2 cm³/mol. The molecule has 1 aromatic carbocycles. The number of benzene rings is 1. The van der Waals surface area contributed by atoms with Gasteiger partial charge in [-0.05, 0) is 18.6 Å². The van der Waals surface area contributed by atoms with Gasteiger partial charge in [0.05, 0.1) is 11.5 Å². The third-order valence-electron chi connectivity index (χ3n) is 3.27. The van der Waals surface area contributed by atoms with Gasteiger partial charge in [-0.3, -0.25) is 19.7 Å². The molecule has 0 aromatic heterocycles. The van der Waals surface area contributed by atoms with Crippen LogP contribution in [0.15, 0.2) is 18.2 Å². The quantitative estimate of drug-likeness (QED) is 0.627. The van der Waals surface area contributed by atoms with Gasteiger partial charge in [0.25, 0.3) is 5.91 Å². The highest BCUT2D eigenvalue weighted by atomic mass is 16.6. The predicted octanol–water partition coefficient (Wildman–Crippen LogP) is 0.599. The van der Waals surface area contributed by atoms with Crippen molar-refractivity contribution < 1.29 is 14.5 Å². The maximum absolute atomic E-state index is 12.5. The number of hydrogen-bond acceptors (Lipinski definition) is 5. The fourth-order valence-electron chi connectivity index (χ4n) is 2.26. The largest absolute Gasteiger partial charge is 0.383 e. The second-order valence-electron chi connectivity index (χ2n) is 4.64. The van der Waals surface area contributed by atoms with Gasteiger partial charge in [-0.1, -0.05) is 6.07 Å². The molecule has 0 unspecified atom stereocenters. The minimum Gasteiger partial charge on any atom is -0.383 e.